The Morgan fingerprint density at radius 1 is 1.00 bits per heavy atom. The molecule has 0 amide bonds. The lowest BCUT2D eigenvalue weighted by Gasteiger charge is -2.17. The van der Waals surface area contributed by atoms with Gasteiger partial charge in [0.2, 0.25) is 0 Å². The highest BCUT2D eigenvalue weighted by Gasteiger charge is 2.15. The number of Topliss-reactive ketones (excluding diaryl/α,β-unsaturated/α-hetero) is 1. The van der Waals surface area contributed by atoms with Crippen LogP contribution in [-0.4, -0.2) is 24.8 Å². The number of rotatable bonds is 6. The smallest absolute Gasteiger partial charge is 0.165 e. The quantitative estimate of drug-likeness (QED) is 0.699. The van der Waals surface area contributed by atoms with Crippen molar-refractivity contribution < 1.29 is 18.3 Å². The summed E-state index contributed by atoms with van der Waals surface area (Å²) in [6.45, 7) is 6.15. The van der Waals surface area contributed by atoms with E-state index in [1.165, 1.54) is 12.1 Å². The molecule has 0 aliphatic rings. The molecule has 0 spiro atoms. The maximum atomic E-state index is 13.8. The lowest BCUT2D eigenvalue weighted by Crippen LogP contribution is -2.18. The van der Waals surface area contributed by atoms with Gasteiger partial charge in [-0.1, -0.05) is 26.0 Å². The van der Waals surface area contributed by atoms with E-state index in [9.17, 15) is 13.6 Å². The minimum absolute atomic E-state index is 0.373. The van der Waals surface area contributed by atoms with Gasteiger partial charge in [0.25, 0.3) is 0 Å². The van der Waals surface area contributed by atoms with Crippen molar-refractivity contribution >= 4 is 5.78 Å². The molecular weight excluding hydrogens is 324 g/mol. The number of hydrogen-bond acceptors (Lipinski definition) is 3. The van der Waals surface area contributed by atoms with E-state index in [-0.39, 0.29) is 0 Å². The number of ether oxygens (including phenoxy) is 1. The van der Waals surface area contributed by atoms with Crippen LogP contribution >= 0.6 is 0 Å². The molecule has 0 aromatic heterocycles. The second-order valence-electron chi connectivity index (χ2n) is 5.51. The Labute approximate surface area is 148 Å². The fraction of sp³-hybridized carbons (Fsp3) is 0.350. The van der Waals surface area contributed by atoms with Gasteiger partial charge >= 0.3 is 0 Å². The summed E-state index contributed by atoms with van der Waals surface area (Å²) in [6.07, 6.45) is 0. The summed E-state index contributed by atoms with van der Waals surface area (Å²) in [5.41, 5.74) is 1.07. The topological polar surface area (TPSA) is 29.5 Å². The summed E-state index contributed by atoms with van der Waals surface area (Å²) in [4.78, 5) is 13.1. The number of methoxy groups -OCH3 is 1. The first-order valence-corrected chi connectivity index (χ1v) is 8.21. The molecular formula is C20H25F2NO2. The third-order valence-corrected chi connectivity index (χ3v) is 3.52. The highest BCUT2D eigenvalue weighted by molar-refractivity contribution is 5.94. The second-order valence-corrected chi connectivity index (χ2v) is 5.51. The lowest BCUT2D eigenvalue weighted by atomic mass is 10.1. The van der Waals surface area contributed by atoms with Crippen LogP contribution in [0.1, 0.15) is 42.3 Å². The van der Waals surface area contributed by atoms with Gasteiger partial charge in [-0.25, -0.2) is 8.78 Å². The number of hydrogen-bond donors (Lipinski definition) is 0. The van der Waals surface area contributed by atoms with Gasteiger partial charge in [-0.2, -0.15) is 0 Å². The molecule has 0 heterocycles. The van der Waals surface area contributed by atoms with Crippen LogP contribution < -0.4 is 4.74 Å². The van der Waals surface area contributed by atoms with Crippen LogP contribution in [0.3, 0.4) is 0 Å². The maximum Gasteiger partial charge on any atom is 0.165 e. The predicted octanol–water partition coefficient (Wildman–Crippen LogP) is 4.83. The predicted molar refractivity (Wildman–Crippen MR) is 95.9 cm³/mol. The van der Waals surface area contributed by atoms with Crippen LogP contribution in [0.5, 0.6) is 5.75 Å². The molecule has 0 aliphatic carbocycles. The highest BCUT2D eigenvalue weighted by atomic mass is 19.1. The van der Waals surface area contributed by atoms with Crippen molar-refractivity contribution in [1.82, 2.24) is 4.90 Å². The summed E-state index contributed by atoms with van der Waals surface area (Å²) in [6, 6.07) is 10.0. The zero-order valence-electron chi connectivity index (χ0n) is 15.4. The van der Waals surface area contributed by atoms with E-state index in [1.807, 2.05) is 50.1 Å². The average Bonchev–Trinajstić information content (AvgIpc) is 2.56. The molecule has 2 aromatic rings. The molecule has 0 saturated heterocycles. The van der Waals surface area contributed by atoms with Gasteiger partial charge in [-0.15, -0.1) is 0 Å². The molecule has 0 saturated carbocycles. The molecule has 3 nitrogen and oxygen atoms in total. The third kappa shape index (κ3) is 5.94. The third-order valence-electron chi connectivity index (χ3n) is 3.52. The molecule has 2 aromatic carbocycles. The molecule has 0 atom stereocenters. The first kappa shape index (κ1) is 20.8. The largest absolute Gasteiger partial charge is 0.497 e. The van der Waals surface area contributed by atoms with Crippen molar-refractivity contribution in [2.45, 2.75) is 33.9 Å². The first-order chi connectivity index (χ1) is 11.9. The van der Waals surface area contributed by atoms with E-state index in [4.69, 9.17) is 4.74 Å². The normalized spacial score (nSPS) is 10.2. The standard InChI is InChI=1S/C18H19F2NO2.C2H6/c1-12(22)18-16(19)8-14(9-17(18)20)11-21(2)10-13-4-6-15(23-3)7-5-13;1-2/h4-9H,10-11H2,1-3H3;1-2H3. The summed E-state index contributed by atoms with van der Waals surface area (Å²) in [5, 5.41) is 0. The summed E-state index contributed by atoms with van der Waals surface area (Å²) in [7, 11) is 3.47. The van der Waals surface area contributed by atoms with E-state index in [0.717, 1.165) is 18.2 Å². The molecule has 2 rings (SSSR count). The van der Waals surface area contributed by atoms with Crippen molar-refractivity contribution in [3.8, 4) is 5.75 Å². The molecule has 0 unspecified atom stereocenters. The van der Waals surface area contributed by atoms with Crippen molar-refractivity contribution in [3.05, 3.63) is 64.7 Å². The van der Waals surface area contributed by atoms with E-state index >= 15 is 0 Å². The fourth-order valence-corrected chi connectivity index (χ4v) is 2.46. The molecule has 0 N–H and O–H groups in total. The van der Waals surface area contributed by atoms with E-state index < -0.39 is 23.0 Å². The van der Waals surface area contributed by atoms with Crippen LogP contribution in [0.2, 0.25) is 0 Å². The van der Waals surface area contributed by atoms with E-state index in [1.54, 1.807) is 7.11 Å². The number of carbonyl (C=O) groups is 1. The number of nitrogens with zero attached hydrogens (tertiary/aromatic N) is 1. The highest BCUT2D eigenvalue weighted by Crippen LogP contribution is 2.18. The van der Waals surface area contributed by atoms with Gasteiger partial charge in [-0.3, -0.25) is 9.69 Å². The maximum absolute atomic E-state index is 13.8. The summed E-state index contributed by atoms with van der Waals surface area (Å²) < 4.78 is 32.8. The van der Waals surface area contributed by atoms with Crippen LogP contribution in [0.4, 0.5) is 8.78 Å². The molecule has 5 heteroatoms. The number of halogens is 2. The summed E-state index contributed by atoms with van der Waals surface area (Å²) in [5.74, 6) is -1.46. The number of carbonyl (C=O) groups excluding carboxylic acids is 1. The molecule has 136 valence electrons. The van der Waals surface area contributed by atoms with Gasteiger partial charge in [0, 0.05) is 13.1 Å². The van der Waals surface area contributed by atoms with Crippen LogP contribution in [-0.2, 0) is 13.1 Å². The van der Waals surface area contributed by atoms with Gasteiger partial charge < -0.3 is 4.74 Å². The van der Waals surface area contributed by atoms with Crippen molar-refractivity contribution in [2.75, 3.05) is 14.2 Å². The first-order valence-electron chi connectivity index (χ1n) is 8.21. The van der Waals surface area contributed by atoms with E-state index in [0.29, 0.717) is 18.7 Å². The lowest BCUT2D eigenvalue weighted by molar-refractivity contribution is 0.100. The van der Waals surface area contributed by atoms with Crippen LogP contribution in [0.25, 0.3) is 0 Å². The van der Waals surface area contributed by atoms with Gasteiger partial charge in [-0.05, 0) is 49.4 Å². The Balaban J connectivity index is 0.00000151. The van der Waals surface area contributed by atoms with Crippen LogP contribution in [0, 0.1) is 11.6 Å². The van der Waals surface area contributed by atoms with E-state index in [2.05, 4.69) is 0 Å². The van der Waals surface area contributed by atoms with Crippen molar-refractivity contribution in [3.63, 3.8) is 0 Å². The molecule has 0 bridgehead atoms. The van der Waals surface area contributed by atoms with Gasteiger partial charge in [0.1, 0.15) is 17.4 Å². The Morgan fingerprint density at radius 2 is 1.48 bits per heavy atom. The Bertz CT molecular complexity index is 676. The molecule has 0 aliphatic heterocycles. The zero-order chi connectivity index (χ0) is 19.0. The van der Waals surface area contributed by atoms with Crippen molar-refractivity contribution in [2.24, 2.45) is 0 Å². The van der Waals surface area contributed by atoms with Crippen LogP contribution in [0.15, 0.2) is 36.4 Å². The summed E-state index contributed by atoms with van der Waals surface area (Å²) >= 11 is 0. The molecule has 25 heavy (non-hydrogen) atoms. The van der Waals surface area contributed by atoms with Gasteiger partial charge in [0.05, 0.1) is 12.7 Å². The Hall–Kier alpha value is -2.27. The Kier molecular flexibility index (Phi) is 8.22. The zero-order valence-corrected chi connectivity index (χ0v) is 15.4. The monoisotopic (exact) mass is 349 g/mol. The number of benzene rings is 2. The minimum Gasteiger partial charge on any atom is -0.497 e. The fourth-order valence-electron chi connectivity index (χ4n) is 2.46. The van der Waals surface area contributed by atoms with Crippen molar-refractivity contribution in [1.29, 1.82) is 0 Å². The molecule has 0 fully saturated rings. The minimum atomic E-state index is -0.814. The second kappa shape index (κ2) is 9.89. The molecule has 0 radical (unpaired) electrons. The number of ketones is 1. The average molecular weight is 349 g/mol. The SMILES string of the molecule is CC.COc1ccc(CN(C)Cc2cc(F)c(C(C)=O)c(F)c2)cc1. The van der Waals surface area contributed by atoms with Gasteiger partial charge in [0.15, 0.2) is 5.78 Å². The Morgan fingerprint density at radius 3 is 1.92 bits per heavy atom.